The van der Waals surface area contributed by atoms with Crippen molar-refractivity contribution in [1.82, 2.24) is 14.9 Å². The van der Waals surface area contributed by atoms with Crippen molar-refractivity contribution in [3.63, 3.8) is 0 Å². The molecule has 0 aliphatic heterocycles. The molecule has 21 heavy (non-hydrogen) atoms. The third-order valence-electron chi connectivity index (χ3n) is 3.65. The first-order valence-electron chi connectivity index (χ1n) is 6.69. The summed E-state index contributed by atoms with van der Waals surface area (Å²) in [7, 11) is -2.32. The molecule has 0 spiro atoms. The van der Waals surface area contributed by atoms with E-state index in [0.29, 0.717) is 0 Å². The van der Waals surface area contributed by atoms with E-state index < -0.39 is 21.6 Å². The minimum absolute atomic E-state index is 0.107. The minimum Gasteiger partial charge on any atom is -0.462 e. The molecule has 1 aromatic heterocycles. The second-order valence-electron chi connectivity index (χ2n) is 4.90. The number of H-pyrrole nitrogens is 1. The van der Waals surface area contributed by atoms with Crippen LogP contribution >= 0.6 is 0 Å². The second kappa shape index (κ2) is 6.12. The van der Waals surface area contributed by atoms with Crippen LogP contribution in [0.25, 0.3) is 0 Å². The van der Waals surface area contributed by atoms with Crippen LogP contribution in [0, 0.1) is 0 Å². The number of ether oxygens (including phenoxy) is 2. The molecule has 1 aliphatic carbocycles. The maximum atomic E-state index is 12.3. The predicted octanol–water partition coefficient (Wildman–Crippen LogP) is 0.434. The van der Waals surface area contributed by atoms with Crippen molar-refractivity contribution >= 4 is 16.0 Å². The molecule has 0 amide bonds. The number of sulfonamides is 1. The van der Waals surface area contributed by atoms with Gasteiger partial charge in [-0.3, -0.25) is 5.10 Å². The molecule has 2 N–H and O–H groups in total. The van der Waals surface area contributed by atoms with Gasteiger partial charge in [0.1, 0.15) is 5.56 Å². The molecule has 0 atom stereocenters. The summed E-state index contributed by atoms with van der Waals surface area (Å²) in [4.78, 5) is 11.7. The quantitative estimate of drug-likeness (QED) is 0.706. The maximum Gasteiger partial charge on any atom is 0.342 e. The Bertz CT molecular complexity index is 601. The highest BCUT2D eigenvalue weighted by atomic mass is 32.2. The van der Waals surface area contributed by atoms with Crippen molar-refractivity contribution in [2.45, 2.75) is 36.8 Å². The number of nitrogens with one attached hydrogen (secondary N) is 2. The van der Waals surface area contributed by atoms with Gasteiger partial charge in [0, 0.05) is 13.7 Å². The van der Waals surface area contributed by atoms with Crippen molar-refractivity contribution in [1.29, 1.82) is 0 Å². The van der Waals surface area contributed by atoms with Crippen LogP contribution in [0.3, 0.4) is 0 Å². The number of aromatic amines is 1. The third kappa shape index (κ3) is 3.25. The van der Waals surface area contributed by atoms with Crippen molar-refractivity contribution in [2.24, 2.45) is 0 Å². The van der Waals surface area contributed by atoms with Gasteiger partial charge in [0.2, 0.25) is 0 Å². The summed E-state index contributed by atoms with van der Waals surface area (Å²) < 4.78 is 37.2. The lowest BCUT2D eigenvalue weighted by Gasteiger charge is -2.40. The molecule has 0 unspecified atom stereocenters. The molecule has 1 saturated carbocycles. The topological polar surface area (TPSA) is 110 Å². The highest BCUT2D eigenvalue weighted by Gasteiger charge is 2.38. The number of carbonyl (C=O) groups is 1. The van der Waals surface area contributed by atoms with Crippen molar-refractivity contribution < 1.29 is 22.7 Å². The average Bonchev–Trinajstić information content (AvgIpc) is 2.88. The first-order valence-corrected chi connectivity index (χ1v) is 8.18. The number of aromatic nitrogens is 2. The Morgan fingerprint density at radius 2 is 2.24 bits per heavy atom. The number of esters is 1. The zero-order valence-electron chi connectivity index (χ0n) is 12.0. The van der Waals surface area contributed by atoms with E-state index in [1.165, 1.54) is 0 Å². The second-order valence-corrected chi connectivity index (χ2v) is 6.60. The van der Waals surface area contributed by atoms with Gasteiger partial charge >= 0.3 is 5.97 Å². The average molecular weight is 317 g/mol. The van der Waals surface area contributed by atoms with Gasteiger partial charge in [-0.2, -0.15) is 5.10 Å². The maximum absolute atomic E-state index is 12.3. The van der Waals surface area contributed by atoms with Crippen LogP contribution in [0.15, 0.2) is 11.2 Å². The van der Waals surface area contributed by atoms with Crippen molar-refractivity contribution in [3.8, 4) is 0 Å². The fraction of sp³-hybridized carbons (Fsp3) is 0.667. The van der Waals surface area contributed by atoms with E-state index in [4.69, 9.17) is 9.47 Å². The van der Waals surface area contributed by atoms with Crippen LogP contribution < -0.4 is 4.72 Å². The van der Waals surface area contributed by atoms with E-state index in [1.807, 2.05) is 0 Å². The van der Waals surface area contributed by atoms with Crippen LogP contribution in [0.2, 0.25) is 0 Å². The molecule has 1 heterocycles. The fourth-order valence-corrected chi connectivity index (χ4v) is 3.35. The number of methoxy groups -OCH3 is 1. The lowest BCUT2D eigenvalue weighted by Crippen LogP contribution is -2.49. The first-order chi connectivity index (χ1) is 9.94. The van der Waals surface area contributed by atoms with Gasteiger partial charge in [-0.1, -0.05) is 0 Å². The third-order valence-corrected chi connectivity index (χ3v) is 5.02. The van der Waals surface area contributed by atoms with Crippen LogP contribution in [0.1, 0.15) is 36.5 Å². The number of carbonyl (C=O) groups excluding carboxylic acids is 1. The van der Waals surface area contributed by atoms with Crippen LogP contribution in [-0.4, -0.2) is 50.4 Å². The zero-order valence-corrected chi connectivity index (χ0v) is 12.8. The van der Waals surface area contributed by atoms with E-state index in [9.17, 15) is 13.2 Å². The molecular weight excluding hydrogens is 298 g/mol. The summed E-state index contributed by atoms with van der Waals surface area (Å²) in [5.41, 5.74) is -0.554. The number of nitrogens with zero attached hydrogens (tertiary/aromatic N) is 1. The van der Waals surface area contributed by atoms with Gasteiger partial charge in [-0.25, -0.2) is 17.9 Å². The summed E-state index contributed by atoms with van der Waals surface area (Å²) in [5, 5.41) is 5.66. The van der Waals surface area contributed by atoms with Gasteiger partial charge < -0.3 is 9.47 Å². The Kier molecular flexibility index (Phi) is 4.64. The van der Waals surface area contributed by atoms with E-state index in [1.54, 1.807) is 14.0 Å². The van der Waals surface area contributed by atoms with Crippen molar-refractivity contribution in [2.75, 3.05) is 20.3 Å². The molecule has 1 fully saturated rings. The monoisotopic (exact) mass is 317 g/mol. The summed E-state index contributed by atoms with van der Waals surface area (Å²) in [6.45, 7) is 1.96. The van der Waals surface area contributed by atoms with Crippen molar-refractivity contribution in [3.05, 3.63) is 11.8 Å². The lowest BCUT2D eigenvalue weighted by molar-refractivity contribution is -0.0659. The zero-order chi connectivity index (χ0) is 15.5. The van der Waals surface area contributed by atoms with Gasteiger partial charge in [0.15, 0.2) is 5.03 Å². The standard InChI is InChI=1S/C12H19N3O5S/c1-3-20-11(16)9-7-13-15-10(9)21(17,18)14-8-12(19-2)5-4-6-12/h7,14H,3-6,8H2,1-2H3,(H,13,15). The number of rotatable bonds is 7. The van der Waals surface area contributed by atoms with E-state index in [2.05, 4.69) is 14.9 Å². The Morgan fingerprint density at radius 1 is 1.52 bits per heavy atom. The molecule has 0 saturated heterocycles. The molecule has 1 aliphatic rings. The SMILES string of the molecule is CCOC(=O)c1cn[nH]c1S(=O)(=O)NCC1(OC)CCC1. The number of hydrogen-bond acceptors (Lipinski definition) is 6. The summed E-state index contributed by atoms with van der Waals surface area (Å²) in [5.74, 6) is -0.725. The lowest BCUT2D eigenvalue weighted by atomic mass is 9.80. The fourth-order valence-electron chi connectivity index (χ4n) is 2.16. The van der Waals surface area contributed by atoms with E-state index in [-0.39, 0.29) is 23.7 Å². The van der Waals surface area contributed by atoms with Gasteiger partial charge in [0.25, 0.3) is 10.0 Å². The van der Waals surface area contributed by atoms with E-state index in [0.717, 1.165) is 25.5 Å². The largest absolute Gasteiger partial charge is 0.462 e. The van der Waals surface area contributed by atoms with Gasteiger partial charge in [-0.05, 0) is 26.2 Å². The predicted molar refractivity (Wildman–Crippen MR) is 73.3 cm³/mol. The molecule has 118 valence electrons. The highest BCUT2D eigenvalue weighted by Crippen LogP contribution is 2.34. The Morgan fingerprint density at radius 3 is 2.76 bits per heavy atom. The molecule has 0 aromatic carbocycles. The Hall–Kier alpha value is -1.45. The normalized spacial score (nSPS) is 17.2. The van der Waals surface area contributed by atoms with Gasteiger partial charge in [-0.15, -0.1) is 0 Å². The molecule has 0 bridgehead atoms. The molecule has 9 heteroatoms. The smallest absolute Gasteiger partial charge is 0.342 e. The highest BCUT2D eigenvalue weighted by molar-refractivity contribution is 7.89. The molecule has 1 aromatic rings. The van der Waals surface area contributed by atoms with Gasteiger partial charge in [0.05, 0.1) is 18.4 Å². The van der Waals surface area contributed by atoms with Crippen LogP contribution in [-0.2, 0) is 19.5 Å². The molecule has 8 nitrogen and oxygen atoms in total. The summed E-state index contributed by atoms with van der Waals surface area (Å²) in [6.07, 6.45) is 3.76. The minimum atomic E-state index is -3.88. The molecular formula is C12H19N3O5S. The van der Waals surface area contributed by atoms with Crippen LogP contribution in [0.4, 0.5) is 0 Å². The molecule has 0 radical (unpaired) electrons. The van der Waals surface area contributed by atoms with Crippen LogP contribution in [0.5, 0.6) is 0 Å². The van der Waals surface area contributed by atoms with E-state index >= 15 is 0 Å². The molecule has 2 rings (SSSR count). The number of hydrogen-bond donors (Lipinski definition) is 2. The summed E-state index contributed by atoms with van der Waals surface area (Å²) >= 11 is 0. The summed E-state index contributed by atoms with van der Waals surface area (Å²) in [6, 6.07) is 0. The first kappa shape index (κ1) is 15.9. The Balaban J connectivity index is 2.13. The Labute approximate surface area is 123 Å².